The molecule has 182 valence electrons. The van der Waals surface area contributed by atoms with Gasteiger partial charge in [-0.1, -0.05) is 30.5 Å². The Balaban J connectivity index is 1.56. The van der Waals surface area contributed by atoms with Crippen molar-refractivity contribution in [3.05, 3.63) is 58.9 Å². The standard InChI is InChI=1S/C25H33ClN6O2/c1-17(2)28-25(33)31(20-6-4-5-7-20)14-15-32-24(19-8-9-22(34-3)21(26)16-19)29-23(30-32)18-10-12-27-13-11-18/h8-13,16-17,20,24H,4-7,14-15H2,1-3H3,(H,28,33)(H,29,30). The Bertz CT molecular complexity index is 1010. The van der Waals surface area contributed by atoms with Gasteiger partial charge in [-0.3, -0.25) is 4.98 Å². The monoisotopic (exact) mass is 484 g/mol. The number of carbonyl (C=O) groups is 1. The number of amides is 2. The molecule has 2 N–H and O–H groups in total. The number of hydrogen-bond donors (Lipinski definition) is 2. The maximum atomic E-state index is 13.0. The summed E-state index contributed by atoms with van der Waals surface area (Å²) in [7, 11) is 1.60. The number of carbonyl (C=O) groups excluding carboxylic acids is 1. The summed E-state index contributed by atoms with van der Waals surface area (Å²) in [4.78, 5) is 24.1. The van der Waals surface area contributed by atoms with Gasteiger partial charge < -0.3 is 20.4 Å². The number of hydrazine groups is 1. The number of aliphatic imine (C=N–C) groups is 1. The third-order valence-corrected chi connectivity index (χ3v) is 6.54. The Kier molecular flexibility index (Phi) is 7.90. The Morgan fingerprint density at radius 1 is 1.26 bits per heavy atom. The van der Waals surface area contributed by atoms with Gasteiger partial charge in [-0.15, -0.1) is 0 Å². The minimum atomic E-state index is -0.287. The van der Waals surface area contributed by atoms with Crippen LogP contribution in [0.4, 0.5) is 4.79 Å². The summed E-state index contributed by atoms with van der Waals surface area (Å²) in [6, 6.07) is 9.94. The normalized spacial score (nSPS) is 18.6. The number of aromatic nitrogens is 1. The molecule has 1 aromatic carbocycles. The van der Waals surface area contributed by atoms with Gasteiger partial charge in [0.15, 0.2) is 0 Å². The molecule has 0 saturated heterocycles. The van der Waals surface area contributed by atoms with Crippen LogP contribution in [-0.2, 0) is 0 Å². The van der Waals surface area contributed by atoms with Crippen molar-refractivity contribution in [3.8, 4) is 5.75 Å². The first-order valence-electron chi connectivity index (χ1n) is 11.9. The number of benzene rings is 1. The van der Waals surface area contributed by atoms with Gasteiger partial charge in [0, 0.05) is 43.1 Å². The Morgan fingerprint density at radius 2 is 2.00 bits per heavy atom. The van der Waals surface area contributed by atoms with Crippen molar-refractivity contribution in [3.63, 3.8) is 0 Å². The number of pyridine rings is 1. The third-order valence-electron chi connectivity index (χ3n) is 6.24. The average molecular weight is 485 g/mol. The smallest absolute Gasteiger partial charge is 0.317 e. The van der Waals surface area contributed by atoms with E-state index in [4.69, 9.17) is 21.3 Å². The van der Waals surface area contributed by atoms with Crippen molar-refractivity contribution in [2.45, 2.75) is 57.8 Å². The fourth-order valence-corrected chi connectivity index (χ4v) is 4.82. The molecule has 1 saturated carbocycles. The number of nitrogens with zero attached hydrogens (tertiary/aromatic N) is 4. The van der Waals surface area contributed by atoms with E-state index in [0.29, 0.717) is 23.9 Å². The summed E-state index contributed by atoms with van der Waals surface area (Å²) < 4.78 is 5.32. The number of halogens is 1. The van der Waals surface area contributed by atoms with Crippen molar-refractivity contribution >= 4 is 23.5 Å². The summed E-state index contributed by atoms with van der Waals surface area (Å²) in [5.41, 5.74) is 5.35. The van der Waals surface area contributed by atoms with Crippen LogP contribution in [0.2, 0.25) is 5.02 Å². The first kappa shape index (κ1) is 24.3. The van der Waals surface area contributed by atoms with E-state index in [1.54, 1.807) is 19.5 Å². The highest BCUT2D eigenvalue weighted by molar-refractivity contribution is 6.32. The zero-order valence-corrected chi connectivity index (χ0v) is 20.8. The van der Waals surface area contributed by atoms with Crippen LogP contribution in [-0.4, -0.2) is 59.0 Å². The number of nitrogens with one attached hydrogen (secondary N) is 2. The molecule has 0 spiro atoms. The average Bonchev–Trinajstić information content (AvgIpc) is 3.50. The lowest BCUT2D eigenvalue weighted by Crippen LogP contribution is -2.51. The molecule has 1 aromatic heterocycles. The first-order chi connectivity index (χ1) is 16.5. The minimum absolute atomic E-state index is 0.000384. The fraction of sp³-hybridized carbons (Fsp3) is 0.480. The van der Waals surface area contributed by atoms with Gasteiger partial charge in [0.05, 0.1) is 12.1 Å². The molecule has 2 aliphatic rings. The van der Waals surface area contributed by atoms with E-state index in [-0.39, 0.29) is 24.3 Å². The summed E-state index contributed by atoms with van der Waals surface area (Å²) in [5, 5.41) is 5.68. The number of amidine groups is 1. The van der Waals surface area contributed by atoms with Crippen molar-refractivity contribution in [1.29, 1.82) is 0 Å². The molecule has 9 heteroatoms. The number of ether oxygens (including phenoxy) is 1. The number of methoxy groups -OCH3 is 1. The van der Waals surface area contributed by atoms with Crippen LogP contribution in [0.3, 0.4) is 0 Å². The van der Waals surface area contributed by atoms with E-state index in [0.717, 1.165) is 29.8 Å². The highest BCUT2D eigenvalue weighted by Gasteiger charge is 2.32. The molecule has 1 aliphatic heterocycles. The van der Waals surface area contributed by atoms with Crippen LogP contribution >= 0.6 is 11.6 Å². The van der Waals surface area contributed by atoms with Gasteiger partial charge >= 0.3 is 6.03 Å². The van der Waals surface area contributed by atoms with E-state index in [1.165, 1.54) is 12.8 Å². The molecule has 2 aromatic rings. The molecule has 1 fully saturated rings. The SMILES string of the molecule is COc1ccc(C2N=C(c3ccncc3)NN2CCN(C(=O)NC(C)C)C2CCCC2)cc1Cl. The van der Waals surface area contributed by atoms with Gasteiger partial charge in [-0.2, -0.15) is 5.01 Å². The lowest BCUT2D eigenvalue weighted by Gasteiger charge is -2.32. The predicted molar refractivity (Wildman–Crippen MR) is 134 cm³/mol. The quantitative estimate of drug-likeness (QED) is 0.581. The van der Waals surface area contributed by atoms with Gasteiger partial charge in [-0.05, 0) is 56.5 Å². The summed E-state index contributed by atoms with van der Waals surface area (Å²) in [5.74, 6) is 1.39. The number of urea groups is 1. The van der Waals surface area contributed by atoms with Crippen LogP contribution in [0, 0.1) is 0 Å². The highest BCUT2D eigenvalue weighted by Crippen LogP contribution is 2.32. The molecular formula is C25H33ClN6O2. The largest absolute Gasteiger partial charge is 0.495 e. The molecule has 1 aliphatic carbocycles. The maximum absolute atomic E-state index is 13.0. The zero-order valence-electron chi connectivity index (χ0n) is 20.0. The van der Waals surface area contributed by atoms with Crippen molar-refractivity contribution in [2.24, 2.45) is 4.99 Å². The maximum Gasteiger partial charge on any atom is 0.317 e. The lowest BCUT2D eigenvalue weighted by molar-refractivity contribution is 0.134. The summed E-state index contributed by atoms with van der Waals surface area (Å²) in [6.07, 6.45) is 7.65. The Hall–Kier alpha value is -2.84. The second-order valence-electron chi connectivity index (χ2n) is 9.02. The molecule has 0 radical (unpaired) electrons. The highest BCUT2D eigenvalue weighted by atomic mass is 35.5. The lowest BCUT2D eigenvalue weighted by atomic mass is 10.1. The van der Waals surface area contributed by atoms with E-state index in [1.807, 2.05) is 49.1 Å². The van der Waals surface area contributed by atoms with E-state index < -0.39 is 0 Å². The van der Waals surface area contributed by atoms with Crippen molar-refractivity contribution in [2.75, 3.05) is 20.2 Å². The van der Waals surface area contributed by atoms with E-state index in [2.05, 4.69) is 20.7 Å². The van der Waals surface area contributed by atoms with Gasteiger partial charge in [0.25, 0.3) is 0 Å². The molecule has 4 rings (SSSR count). The first-order valence-corrected chi connectivity index (χ1v) is 12.3. The zero-order chi connectivity index (χ0) is 24.1. The van der Waals surface area contributed by atoms with Crippen molar-refractivity contribution < 1.29 is 9.53 Å². The fourth-order valence-electron chi connectivity index (χ4n) is 4.55. The molecular weight excluding hydrogens is 452 g/mol. The van der Waals surface area contributed by atoms with Crippen LogP contribution in [0.25, 0.3) is 0 Å². The molecule has 2 heterocycles. The van der Waals surface area contributed by atoms with Crippen LogP contribution in [0.5, 0.6) is 5.75 Å². The molecule has 8 nitrogen and oxygen atoms in total. The Labute approximate surface area is 206 Å². The minimum Gasteiger partial charge on any atom is -0.495 e. The third kappa shape index (κ3) is 5.62. The Morgan fingerprint density at radius 3 is 2.65 bits per heavy atom. The van der Waals surface area contributed by atoms with Gasteiger partial charge in [0.2, 0.25) is 0 Å². The van der Waals surface area contributed by atoms with E-state index >= 15 is 0 Å². The molecule has 34 heavy (non-hydrogen) atoms. The summed E-state index contributed by atoms with van der Waals surface area (Å²) in [6.45, 7) is 5.18. The van der Waals surface area contributed by atoms with Crippen LogP contribution in [0.15, 0.2) is 47.7 Å². The van der Waals surface area contributed by atoms with Crippen LogP contribution < -0.4 is 15.5 Å². The van der Waals surface area contributed by atoms with Crippen molar-refractivity contribution in [1.82, 2.24) is 25.6 Å². The second-order valence-corrected chi connectivity index (χ2v) is 9.43. The summed E-state index contributed by atoms with van der Waals surface area (Å²) >= 11 is 6.43. The topological polar surface area (TPSA) is 82.1 Å². The molecule has 0 bridgehead atoms. The van der Waals surface area contributed by atoms with Gasteiger partial charge in [-0.25, -0.2) is 9.79 Å². The second kappa shape index (κ2) is 11.1. The number of hydrogen-bond acceptors (Lipinski definition) is 6. The molecule has 2 amide bonds. The predicted octanol–water partition coefficient (Wildman–Crippen LogP) is 4.37. The van der Waals surface area contributed by atoms with E-state index in [9.17, 15) is 4.79 Å². The number of rotatable bonds is 8. The molecule has 1 atom stereocenters. The van der Waals surface area contributed by atoms with Gasteiger partial charge in [0.1, 0.15) is 17.8 Å². The van der Waals surface area contributed by atoms with Crippen LogP contribution in [0.1, 0.15) is 56.8 Å². The molecule has 1 unspecified atom stereocenters.